The number of carbonyl (C=O) groups excluding carboxylic acids is 2. The molecule has 0 saturated heterocycles. The van der Waals surface area contributed by atoms with Crippen LogP contribution in [0.5, 0.6) is 0 Å². The van der Waals surface area contributed by atoms with Gasteiger partial charge in [0.15, 0.2) is 11.5 Å². The van der Waals surface area contributed by atoms with Gasteiger partial charge in [-0.1, -0.05) is 29.8 Å². The van der Waals surface area contributed by atoms with Crippen LogP contribution in [0.2, 0.25) is 5.02 Å². The Morgan fingerprint density at radius 3 is 2.44 bits per heavy atom. The largest absolute Gasteiger partial charge is 0.504 e. The van der Waals surface area contributed by atoms with Crippen LogP contribution in [0.1, 0.15) is 29.1 Å². The fourth-order valence-corrected chi connectivity index (χ4v) is 3.83. The molecule has 0 aliphatic rings. The van der Waals surface area contributed by atoms with Crippen LogP contribution < -0.4 is 5.32 Å². The topological polar surface area (TPSA) is 100 Å². The predicted molar refractivity (Wildman–Crippen MR) is 126 cm³/mol. The minimum Gasteiger partial charge on any atom is -0.504 e. The number of thiophene rings is 1. The van der Waals surface area contributed by atoms with Crippen LogP contribution in [0.15, 0.2) is 76.6 Å². The minimum atomic E-state index is -0.835. The lowest BCUT2D eigenvalue weighted by molar-refractivity contribution is -0.138. The second-order valence-corrected chi connectivity index (χ2v) is 7.98. The second kappa shape index (κ2) is 10.7. The number of hydrogen-bond acceptors (Lipinski definition) is 8. The lowest BCUT2D eigenvalue weighted by Gasteiger charge is -2.05. The van der Waals surface area contributed by atoms with Gasteiger partial charge in [0.25, 0.3) is 0 Å². The summed E-state index contributed by atoms with van der Waals surface area (Å²) >= 11 is 6.98. The van der Waals surface area contributed by atoms with Crippen molar-refractivity contribution in [2.24, 2.45) is 10.2 Å². The van der Waals surface area contributed by atoms with E-state index in [4.69, 9.17) is 16.3 Å². The Kier molecular flexibility index (Phi) is 7.75. The third-order valence-electron chi connectivity index (χ3n) is 4.16. The Morgan fingerprint density at radius 2 is 1.81 bits per heavy atom. The van der Waals surface area contributed by atoms with Crippen molar-refractivity contribution >= 4 is 56.8 Å². The summed E-state index contributed by atoms with van der Waals surface area (Å²) in [5.74, 6) is -1.47. The first kappa shape index (κ1) is 23.2. The van der Waals surface area contributed by atoms with Gasteiger partial charge in [-0.3, -0.25) is 4.79 Å². The highest BCUT2D eigenvalue weighted by Crippen LogP contribution is 2.36. The Balaban J connectivity index is 2.02. The molecule has 9 heteroatoms. The Hall–Kier alpha value is -3.49. The van der Waals surface area contributed by atoms with Gasteiger partial charge < -0.3 is 15.2 Å². The molecule has 2 aromatic carbocycles. The number of nitrogens with zero attached hydrogens (tertiary/aromatic N) is 2. The van der Waals surface area contributed by atoms with E-state index < -0.39 is 11.7 Å². The number of esters is 1. The Labute approximate surface area is 194 Å². The normalized spacial score (nSPS) is 11.8. The molecule has 0 aliphatic heterocycles. The first-order valence-corrected chi connectivity index (χ1v) is 10.8. The molecule has 1 heterocycles. The molecule has 3 rings (SSSR count). The fourth-order valence-electron chi connectivity index (χ4n) is 2.63. The number of rotatable bonds is 8. The second-order valence-electron chi connectivity index (χ2n) is 6.49. The minimum absolute atomic E-state index is 0.0933. The van der Waals surface area contributed by atoms with Crippen molar-refractivity contribution in [1.82, 2.24) is 0 Å². The van der Waals surface area contributed by atoms with Gasteiger partial charge in [-0.25, -0.2) is 4.79 Å². The molecule has 0 aliphatic carbocycles. The highest BCUT2D eigenvalue weighted by molar-refractivity contribution is 7.17. The number of nitrogens with one attached hydrogen (secondary N) is 1. The summed E-state index contributed by atoms with van der Waals surface area (Å²) in [4.78, 5) is 24.9. The van der Waals surface area contributed by atoms with Gasteiger partial charge in [-0.05, 0) is 56.3 Å². The number of benzene rings is 2. The SMILES string of the molecule is CCOC(=O)C(N=Nc1ccc(Cl)cc1)=C(O)c1cc(C(C)=O)c(Nc2ccccc2)s1. The number of aliphatic hydroxyl groups excluding tert-OH is 1. The number of aliphatic hydroxyl groups is 1. The maximum atomic E-state index is 12.5. The number of Topliss-reactive ketones (excluding diaryl/α,β-unsaturated/α-hetero) is 1. The van der Waals surface area contributed by atoms with Crippen molar-refractivity contribution in [3.8, 4) is 0 Å². The summed E-state index contributed by atoms with van der Waals surface area (Å²) in [6, 6.07) is 17.3. The Bertz CT molecular complexity index is 1170. The van der Waals surface area contributed by atoms with E-state index in [0.717, 1.165) is 17.0 Å². The summed E-state index contributed by atoms with van der Waals surface area (Å²) in [5, 5.41) is 23.0. The zero-order valence-corrected chi connectivity index (χ0v) is 18.9. The standard InChI is InChI=1S/C23H20ClN3O4S/c1-3-31-23(30)20(27-26-17-11-9-15(24)10-12-17)21(29)19-13-18(14(2)28)22(32-19)25-16-7-5-4-6-8-16/h4-13,25,29H,3H2,1-2H3. The first-order valence-electron chi connectivity index (χ1n) is 9.64. The number of halogens is 1. The molecule has 0 amide bonds. The molecule has 0 radical (unpaired) electrons. The maximum absolute atomic E-state index is 12.5. The van der Waals surface area contributed by atoms with Crippen LogP contribution >= 0.6 is 22.9 Å². The highest BCUT2D eigenvalue weighted by atomic mass is 35.5. The number of carbonyl (C=O) groups is 2. The monoisotopic (exact) mass is 469 g/mol. The molecule has 7 nitrogen and oxygen atoms in total. The first-order chi connectivity index (χ1) is 15.4. The quantitative estimate of drug-likeness (QED) is 0.122. The van der Waals surface area contributed by atoms with Crippen LogP contribution in [-0.4, -0.2) is 23.5 Å². The van der Waals surface area contributed by atoms with Crippen molar-refractivity contribution in [2.75, 3.05) is 11.9 Å². The van der Waals surface area contributed by atoms with E-state index >= 15 is 0 Å². The van der Waals surface area contributed by atoms with E-state index in [1.807, 2.05) is 30.3 Å². The number of anilines is 2. The van der Waals surface area contributed by atoms with Gasteiger partial charge >= 0.3 is 5.97 Å². The lowest BCUT2D eigenvalue weighted by atomic mass is 10.2. The van der Waals surface area contributed by atoms with E-state index in [9.17, 15) is 14.7 Å². The maximum Gasteiger partial charge on any atom is 0.362 e. The van der Waals surface area contributed by atoms with E-state index in [1.54, 1.807) is 31.2 Å². The summed E-state index contributed by atoms with van der Waals surface area (Å²) in [7, 11) is 0. The Morgan fingerprint density at radius 1 is 1.12 bits per heavy atom. The zero-order valence-electron chi connectivity index (χ0n) is 17.3. The number of ether oxygens (including phenoxy) is 1. The summed E-state index contributed by atoms with van der Waals surface area (Å²) in [5.41, 5.74) is 1.22. The lowest BCUT2D eigenvalue weighted by Crippen LogP contribution is -2.08. The highest BCUT2D eigenvalue weighted by Gasteiger charge is 2.22. The van der Waals surface area contributed by atoms with Gasteiger partial charge in [-0.15, -0.1) is 16.5 Å². The van der Waals surface area contributed by atoms with Gasteiger partial charge in [-0.2, -0.15) is 5.11 Å². The van der Waals surface area contributed by atoms with Crippen molar-refractivity contribution < 1.29 is 19.4 Å². The molecular formula is C23H20ClN3O4S. The van der Waals surface area contributed by atoms with Crippen LogP contribution in [0, 0.1) is 0 Å². The van der Waals surface area contributed by atoms with Crippen LogP contribution in [0.25, 0.3) is 5.76 Å². The van der Waals surface area contributed by atoms with Gasteiger partial charge in [0.1, 0.15) is 5.00 Å². The molecular weight excluding hydrogens is 450 g/mol. The molecule has 32 heavy (non-hydrogen) atoms. The number of ketones is 1. The van der Waals surface area contributed by atoms with Gasteiger partial charge in [0.05, 0.1) is 22.7 Å². The molecule has 0 spiro atoms. The smallest absolute Gasteiger partial charge is 0.362 e. The third kappa shape index (κ3) is 5.81. The molecule has 0 fully saturated rings. The molecule has 0 bridgehead atoms. The van der Waals surface area contributed by atoms with Crippen LogP contribution in [-0.2, 0) is 9.53 Å². The summed E-state index contributed by atoms with van der Waals surface area (Å²) in [6.45, 7) is 3.16. The van der Waals surface area contributed by atoms with Crippen LogP contribution in [0.3, 0.4) is 0 Å². The van der Waals surface area contributed by atoms with Gasteiger partial charge in [0.2, 0.25) is 5.70 Å². The molecule has 0 unspecified atom stereocenters. The van der Waals surface area contributed by atoms with Crippen molar-refractivity contribution in [2.45, 2.75) is 13.8 Å². The third-order valence-corrected chi connectivity index (χ3v) is 5.47. The average molecular weight is 470 g/mol. The number of para-hydroxylation sites is 1. The average Bonchev–Trinajstić information content (AvgIpc) is 3.20. The predicted octanol–water partition coefficient (Wildman–Crippen LogP) is 6.92. The van der Waals surface area contributed by atoms with E-state index in [-0.39, 0.29) is 23.0 Å². The molecule has 1 aromatic heterocycles. The van der Waals surface area contributed by atoms with E-state index in [2.05, 4.69) is 15.5 Å². The molecule has 3 aromatic rings. The summed E-state index contributed by atoms with van der Waals surface area (Å²) < 4.78 is 5.02. The van der Waals surface area contributed by atoms with E-state index in [1.165, 1.54) is 13.0 Å². The van der Waals surface area contributed by atoms with Crippen molar-refractivity contribution in [3.63, 3.8) is 0 Å². The molecule has 0 atom stereocenters. The molecule has 0 saturated carbocycles. The zero-order chi connectivity index (χ0) is 23.1. The number of hydrogen-bond donors (Lipinski definition) is 2. The summed E-state index contributed by atoms with van der Waals surface area (Å²) in [6.07, 6.45) is 0. The van der Waals surface area contributed by atoms with Crippen molar-refractivity contribution in [3.05, 3.63) is 81.8 Å². The molecule has 2 N–H and O–H groups in total. The van der Waals surface area contributed by atoms with Gasteiger partial charge in [0, 0.05) is 10.7 Å². The number of azo groups is 1. The van der Waals surface area contributed by atoms with Crippen LogP contribution in [0.4, 0.5) is 16.4 Å². The fraction of sp³-hybridized carbons (Fsp3) is 0.130. The molecule has 164 valence electrons. The van der Waals surface area contributed by atoms with E-state index in [0.29, 0.717) is 21.3 Å². The van der Waals surface area contributed by atoms with Crippen molar-refractivity contribution in [1.29, 1.82) is 0 Å².